The van der Waals surface area contributed by atoms with E-state index in [1.54, 1.807) is 7.05 Å². The van der Waals surface area contributed by atoms with E-state index in [9.17, 15) is 4.79 Å². The van der Waals surface area contributed by atoms with Gasteiger partial charge in [-0.2, -0.15) is 0 Å². The third kappa shape index (κ3) is 4.94. The van der Waals surface area contributed by atoms with Crippen molar-refractivity contribution in [3.8, 4) is 11.3 Å². The molecule has 6 heteroatoms. The Labute approximate surface area is 142 Å². The number of nitrogens with two attached hydrogens (primary N) is 1. The largest absolute Gasteiger partial charge is 0.398 e. The molecule has 0 bridgehead atoms. The van der Waals surface area contributed by atoms with Crippen LogP contribution in [0.1, 0.15) is 43.5 Å². The fourth-order valence-corrected chi connectivity index (χ4v) is 2.56. The van der Waals surface area contributed by atoms with Crippen LogP contribution in [0, 0.1) is 5.41 Å². The Bertz CT molecular complexity index is 692. The van der Waals surface area contributed by atoms with Crippen molar-refractivity contribution in [3.63, 3.8) is 0 Å². The van der Waals surface area contributed by atoms with Crippen LogP contribution in [0.2, 0.25) is 0 Å². The molecule has 128 valence electrons. The highest BCUT2D eigenvalue weighted by Crippen LogP contribution is 2.22. The van der Waals surface area contributed by atoms with Gasteiger partial charge in [-0.3, -0.25) is 4.79 Å². The molecule has 6 nitrogen and oxygen atoms in total. The molecule has 0 spiro atoms. The standard InChI is InChI=1S/C18H25N5O/c1-21-18(24)7-5-3-2-4-6-17-22-12-16(23-17)13-8-9-15(20)14(10-13)11-19/h8-12,19H,2-7,20H2,1H3,(H,21,24)(H,22,23). The second-order valence-corrected chi connectivity index (χ2v) is 5.82. The Kier molecular flexibility index (Phi) is 6.54. The molecule has 0 fully saturated rings. The average Bonchev–Trinajstić information content (AvgIpc) is 3.07. The summed E-state index contributed by atoms with van der Waals surface area (Å²) in [6.07, 6.45) is 8.71. The fraction of sp³-hybridized carbons (Fsp3) is 0.389. The number of H-pyrrole nitrogens is 1. The summed E-state index contributed by atoms with van der Waals surface area (Å²) in [7, 11) is 1.67. The molecule has 1 heterocycles. The molecule has 0 saturated heterocycles. The molecule has 5 N–H and O–H groups in total. The predicted molar refractivity (Wildman–Crippen MR) is 97.2 cm³/mol. The number of amides is 1. The van der Waals surface area contributed by atoms with Crippen molar-refractivity contribution in [1.29, 1.82) is 5.41 Å². The third-order valence-electron chi connectivity index (χ3n) is 4.03. The van der Waals surface area contributed by atoms with Crippen LogP contribution in [0.5, 0.6) is 0 Å². The average molecular weight is 327 g/mol. The van der Waals surface area contributed by atoms with Crippen molar-refractivity contribution in [1.82, 2.24) is 15.3 Å². The molecular weight excluding hydrogens is 302 g/mol. The zero-order chi connectivity index (χ0) is 17.4. The lowest BCUT2D eigenvalue weighted by Crippen LogP contribution is -2.16. The molecule has 2 aromatic rings. The lowest BCUT2D eigenvalue weighted by Gasteiger charge is -2.03. The Morgan fingerprint density at radius 1 is 1.33 bits per heavy atom. The van der Waals surface area contributed by atoms with Gasteiger partial charge in [0, 0.05) is 42.9 Å². The van der Waals surface area contributed by atoms with Crippen LogP contribution in [0.25, 0.3) is 11.3 Å². The van der Waals surface area contributed by atoms with E-state index in [2.05, 4.69) is 15.3 Å². The van der Waals surface area contributed by atoms with Gasteiger partial charge in [0.2, 0.25) is 5.91 Å². The van der Waals surface area contributed by atoms with Gasteiger partial charge in [-0.15, -0.1) is 0 Å². The summed E-state index contributed by atoms with van der Waals surface area (Å²) in [5.74, 6) is 1.07. The molecule has 2 rings (SSSR count). The highest BCUT2D eigenvalue weighted by Gasteiger charge is 2.06. The monoisotopic (exact) mass is 327 g/mol. The number of imidazole rings is 1. The van der Waals surface area contributed by atoms with E-state index < -0.39 is 0 Å². The van der Waals surface area contributed by atoms with Crippen LogP contribution >= 0.6 is 0 Å². The topological polar surface area (TPSA) is 108 Å². The van der Waals surface area contributed by atoms with Crippen molar-refractivity contribution in [3.05, 3.63) is 35.8 Å². The van der Waals surface area contributed by atoms with Gasteiger partial charge in [-0.25, -0.2) is 4.98 Å². The zero-order valence-corrected chi connectivity index (χ0v) is 14.1. The summed E-state index contributed by atoms with van der Waals surface area (Å²) >= 11 is 0. The van der Waals surface area contributed by atoms with Crippen molar-refractivity contribution < 1.29 is 4.79 Å². The van der Waals surface area contributed by atoms with Crippen LogP contribution in [0.4, 0.5) is 5.69 Å². The van der Waals surface area contributed by atoms with E-state index in [0.29, 0.717) is 17.7 Å². The number of aryl methyl sites for hydroxylation is 1. The second kappa shape index (κ2) is 8.86. The maximum Gasteiger partial charge on any atom is 0.219 e. The molecule has 0 radical (unpaired) electrons. The van der Waals surface area contributed by atoms with E-state index in [1.807, 2.05) is 24.4 Å². The predicted octanol–water partition coefficient (Wildman–Crippen LogP) is 2.90. The first-order chi connectivity index (χ1) is 11.6. The molecule has 0 atom stereocenters. The maximum atomic E-state index is 11.1. The summed E-state index contributed by atoms with van der Waals surface area (Å²) < 4.78 is 0. The first kappa shape index (κ1) is 17.7. The number of hydrogen-bond acceptors (Lipinski definition) is 4. The number of carbonyl (C=O) groups is 1. The Balaban J connectivity index is 1.81. The van der Waals surface area contributed by atoms with Crippen LogP contribution in [-0.4, -0.2) is 29.1 Å². The minimum absolute atomic E-state index is 0.110. The number of benzene rings is 1. The first-order valence-corrected chi connectivity index (χ1v) is 8.29. The fourth-order valence-electron chi connectivity index (χ4n) is 2.56. The first-order valence-electron chi connectivity index (χ1n) is 8.29. The second-order valence-electron chi connectivity index (χ2n) is 5.82. The molecular formula is C18H25N5O. The molecule has 0 saturated carbocycles. The van der Waals surface area contributed by atoms with Crippen LogP contribution < -0.4 is 11.1 Å². The van der Waals surface area contributed by atoms with Crippen molar-refractivity contribution in [2.24, 2.45) is 0 Å². The lowest BCUT2D eigenvalue weighted by molar-refractivity contribution is -0.120. The van der Waals surface area contributed by atoms with E-state index in [-0.39, 0.29) is 5.91 Å². The number of anilines is 1. The molecule has 0 aliphatic rings. The maximum absolute atomic E-state index is 11.1. The zero-order valence-electron chi connectivity index (χ0n) is 14.1. The van der Waals surface area contributed by atoms with Gasteiger partial charge in [-0.05, 0) is 25.0 Å². The highest BCUT2D eigenvalue weighted by molar-refractivity contribution is 5.87. The molecule has 1 amide bonds. The van der Waals surface area contributed by atoms with E-state index in [4.69, 9.17) is 11.1 Å². The van der Waals surface area contributed by atoms with Gasteiger partial charge in [0.25, 0.3) is 0 Å². The normalized spacial score (nSPS) is 10.5. The minimum Gasteiger partial charge on any atom is -0.398 e. The molecule has 1 aromatic heterocycles. The number of nitrogen functional groups attached to an aromatic ring is 1. The quantitative estimate of drug-likeness (QED) is 0.323. The van der Waals surface area contributed by atoms with E-state index >= 15 is 0 Å². The van der Waals surface area contributed by atoms with Gasteiger partial charge >= 0.3 is 0 Å². The summed E-state index contributed by atoms with van der Waals surface area (Å²) in [6.45, 7) is 0. The number of nitrogens with zero attached hydrogens (tertiary/aromatic N) is 1. The number of nitrogens with one attached hydrogen (secondary N) is 3. The van der Waals surface area contributed by atoms with E-state index in [1.165, 1.54) is 6.21 Å². The smallest absolute Gasteiger partial charge is 0.219 e. The van der Waals surface area contributed by atoms with Crippen molar-refractivity contribution >= 4 is 17.8 Å². The van der Waals surface area contributed by atoms with Crippen LogP contribution in [0.3, 0.4) is 0 Å². The molecule has 0 aliphatic heterocycles. The molecule has 24 heavy (non-hydrogen) atoms. The van der Waals surface area contributed by atoms with Gasteiger partial charge in [0.05, 0.1) is 11.9 Å². The number of hydrogen-bond donors (Lipinski definition) is 4. The van der Waals surface area contributed by atoms with Gasteiger partial charge in [-0.1, -0.05) is 18.9 Å². The molecule has 0 aliphatic carbocycles. The summed E-state index contributed by atoms with van der Waals surface area (Å²) in [6, 6.07) is 5.62. The Morgan fingerprint density at radius 2 is 2.12 bits per heavy atom. The van der Waals surface area contributed by atoms with Crippen molar-refractivity contribution in [2.45, 2.75) is 38.5 Å². The number of unbranched alkanes of at least 4 members (excludes halogenated alkanes) is 3. The number of aromatic amines is 1. The van der Waals surface area contributed by atoms with Crippen LogP contribution in [0.15, 0.2) is 24.4 Å². The summed E-state index contributed by atoms with van der Waals surface area (Å²) in [5, 5.41) is 10.0. The molecule has 1 aromatic carbocycles. The minimum atomic E-state index is 0.110. The number of rotatable bonds is 9. The van der Waals surface area contributed by atoms with Crippen LogP contribution in [-0.2, 0) is 11.2 Å². The summed E-state index contributed by atoms with van der Waals surface area (Å²) in [5.41, 5.74) is 9.04. The highest BCUT2D eigenvalue weighted by atomic mass is 16.1. The summed E-state index contributed by atoms with van der Waals surface area (Å²) in [4.78, 5) is 18.9. The number of carbonyl (C=O) groups excluding carboxylic acids is 1. The Morgan fingerprint density at radius 3 is 2.88 bits per heavy atom. The van der Waals surface area contributed by atoms with Gasteiger partial charge < -0.3 is 21.4 Å². The van der Waals surface area contributed by atoms with Crippen molar-refractivity contribution in [2.75, 3.05) is 12.8 Å². The van der Waals surface area contributed by atoms with E-state index in [0.717, 1.165) is 49.2 Å². The van der Waals surface area contributed by atoms with Gasteiger partial charge in [0.15, 0.2) is 0 Å². The third-order valence-corrected chi connectivity index (χ3v) is 4.03. The Hall–Kier alpha value is -2.63. The molecule has 0 unspecified atom stereocenters. The SMILES string of the molecule is CNC(=O)CCCCCCc1ncc(-c2ccc(N)c(C=N)c2)[nH]1. The lowest BCUT2D eigenvalue weighted by atomic mass is 10.1. The number of aromatic nitrogens is 2. The van der Waals surface area contributed by atoms with Gasteiger partial charge in [0.1, 0.15) is 5.82 Å².